The summed E-state index contributed by atoms with van der Waals surface area (Å²) in [6, 6.07) is 6.07. The summed E-state index contributed by atoms with van der Waals surface area (Å²) in [7, 11) is 4.03. The Labute approximate surface area is 152 Å². The van der Waals surface area contributed by atoms with E-state index in [0.717, 1.165) is 29.8 Å². The molecule has 140 valence electrons. The summed E-state index contributed by atoms with van der Waals surface area (Å²) in [5, 5.41) is 3.04. The third kappa shape index (κ3) is 7.26. The Morgan fingerprint density at radius 1 is 1.12 bits per heavy atom. The fourth-order valence-corrected chi connectivity index (χ4v) is 2.79. The van der Waals surface area contributed by atoms with Crippen LogP contribution in [0.1, 0.15) is 50.7 Å². The molecule has 1 aromatic carbocycles. The van der Waals surface area contributed by atoms with Gasteiger partial charge in [-0.1, -0.05) is 32.0 Å². The van der Waals surface area contributed by atoms with Crippen LogP contribution >= 0.6 is 0 Å². The molecular weight excluding hydrogens is 314 g/mol. The van der Waals surface area contributed by atoms with E-state index in [1.54, 1.807) is 11.8 Å². The molecule has 0 aliphatic rings. The molecule has 0 aromatic heterocycles. The Kier molecular flexibility index (Phi) is 8.62. The molecule has 0 radical (unpaired) electrons. The van der Waals surface area contributed by atoms with Crippen molar-refractivity contribution in [2.75, 3.05) is 39.0 Å². The van der Waals surface area contributed by atoms with Crippen LogP contribution in [0.15, 0.2) is 18.2 Å². The first-order valence-electron chi connectivity index (χ1n) is 9.02. The van der Waals surface area contributed by atoms with E-state index < -0.39 is 0 Å². The Balaban J connectivity index is 2.63. The molecule has 25 heavy (non-hydrogen) atoms. The van der Waals surface area contributed by atoms with E-state index in [2.05, 4.69) is 30.1 Å². The molecule has 0 spiro atoms. The van der Waals surface area contributed by atoms with E-state index in [0.29, 0.717) is 25.4 Å². The molecule has 0 saturated heterocycles. The van der Waals surface area contributed by atoms with Gasteiger partial charge in [0.25, 0.3) is 0 Å². The molecule has 5 nitrogen and oxygen atoms in total. The first-order valence-corrected chi connectivity index (χ1v) is 9.02. The van der Waals surface area contributed by atoms with Gasteiger partial charge >= 0.3 is 0 Å². The number of nitrogens with zero attached hydrogens (tertiary/aromatic N) is 2. The molecular formula is C20H33N3O2. The van der Waals surface area contributed by atoms with Gasteiger partial charge in [-0.25, -0.2) is 0 Å². The lowest BCUT2D eigenvalue weighted by Crippen LogP contribution is -2.34. The van der Waals surface area contributed by atoms with Gasteiger partial charge in [0.15, 0.2) is 0 Å². The predicted molar refractivity (Wildman–Crippen MR) is 104 cm³/mol. The van der Waals surface area contributed by atoms with Crippen molar-refractivity contribution in [1.82, 2.24) is 9.80 Å². The number of amides is 2. The number of nitrogens with one attached hydrogen (secondary N) is 1. The molecule has 0 bridgehead atoms. The second-order valence-electron chi connectivity index (χ2n) is 7.15. The summed E-state index contributed by atoms with van der Waals surface area (Å²) >= 11 is 0. The Hall–Kier alpha value is -1.88. The van der Waals surface area contributed by atoms with E-state index >= 15 is 0 Å². The van der Waals surface area contributed by atoms with Gasteiger partial charge in [-0.3, -0.25) is 9.59 Å². The van der Waals surface area contributed by atoms with Crippen LogP contribution in [0.5, 0.6) is 0 Å². The van der Waals surface area contributed by atoms with Crippen LogP contribution in [0.3, 0.4) is 0 Å². The molecule has 5 heteroatoms. The lowest BCUT2D eigenvalue weighted by Gasteiger charge is -2.22. The largest absolute Gasteiger partial charge is 0.342 e. The zero-order chi connectivity index (χ0) is 19.0. The fourth-order valence-electron chi connectivity index (χ4n) is 2.79. The summed E-state index contributed by atoms with van der Waals surface area (Å²) in [6.07, 6.45) is 1.22. The maximum absolute atomic E-state index is 12.4. The highest BCUT2D eigenvalue weighted by molar-refractivity contribution is 5.92. The number of rotatable bonds is 9. The summed E-state index contributed by atoms with van der Waals surface area (Å²) < 4.78 is 0. The van der Waals surface area contributed by atoms with Crippen molar-refractivity contribution in [2.24, 2.45) is 0 Å². The summed E-state index contributed by atoms with van der Waals surface area (Å²) in [5.74, 6) is 0.315. The minimum absolute atomic E-state index is 0.0188. The average molecular weight is 348 g/mol. The minimum Gasteiger partial charge on any atom is -0.342 e. The molecule has 0 saturated carbocycles. The van der Waals surface area contributed by atoms with Crippen LogP contribution in [0.2, 0.25) is 0 Å². The van der Waals surface area contributed by atoms with Crippen molar-refractivity contribution in [2.45, 2.75) is 46.5 Å². The SMILES string of the molecule is CC(=O)N(CCCN(C)C)CCC(=O)Nc1c(C)cccc1C(C)C. The van der Waals surface area contributed by atoms with Gasteiger partial charge in [-0.05, 0) is 51.0 Å². The molecule has 0 atom stereocenters. The third-order valence-corrected chi connectivity index (χ3v) is 4.28. The molecule has 0 fully saturated rings. The molecule has 1 aromatic rings. The van der Waals surface area contributed by atoms with Crippen LogP contribution in [0, 0.1) is 6.92 Å². The van der Waals surface area contributed by atoms with Crippen molar-refractivity contribution in [1.29, 1.82) is 0 Å². The van der Waals surface area contributed by atoms with E-state index in [4.69, 9.17) is 0 Å². The highest BCUT2D eigenvalue weighted by Gasteiger charge is 2.14. The van der Waals surface area contributed by atoms with Crippen molar-refractivity contribution in [3.05, 3.63) is 29.3 Å². The Bertz CT molecular complexity index is 582. The topological polar surface area (TPSA) is 52.7 Å². The number of hydrogen-bond donors (Lipinski definition) is 1. The van der Waals surface area contributed by atoms with Crippen LogP contribution in [0.25, 0.3) is 0 Å². The standard InChI is InChI=1S/C20H33N3O2/c1-15(2)18-10-7-9-16(3)20(18)21-19(25)11-14-23(17(4)24)13-8-12-22(5)6/h7,9-10,15H,8,11-14H2,1-6H3,(H,21,25). The Morgan fingerprint density at radius 3 is 2.36 bits per heavy atom. The van der Waals surface area contributed by atoms with E-state index in [1.807, 2.05) is 33.2 Å². The normalized spacial score (nSPS) is 11.0. The number of aryl methyl sites for hydroxylation is 1. The first-order chi connectivity index (χ1) is 11.7. The lowest BCUT2D eigenvalue weighted by atomic mass is 9.98. The van der Waals surface area contributed by atoms with E-state index in [1.165, 1.54) is 0 Å². The maximum Gasteiger partial charge on any atom is 0.226 e. The zero-order valence-corrected chi connectivity index (χ0v) is 16.6. The number of anilines is 1. The van der Waals surface area contributed by atoms with Crippen LogP contribution in [-0.2, 0) is 9.59 Å². The molecule has 0 heterocycles. The molecule has 1 rings (SSSR count). The van der Waals surface area contributed by atoms with Crippen molar-refractivity contribution < 1.29 is 9.59 Å². The molecule has 2 amide bonds. The number of carbonyl (C=O) groups is 2. The number of carbonyl (C=O) groups excluding carboxylic acids is 2. The second kappa shape index (κ2) is 10.2. The maximum atomic E-state index is 12.4. The average Bonchev–Trinajstić information content (AvgIpc) is 2.51. The van der Waals surface area contributed by atoms with Gasteiger partial charge in [0.2, 0.25) is 11.8 Å². The smallest absolute Gasteiger partial charge is 0.226 e. The van der Waals surface area contributed by atoms with Gasteiger partial charge in [0, 0.05) is 32.1 Å². The molecule has 1 N–H and O–H groups in total. The van der Waals surface area contributed by atoms with Crippen LogP contribution in [0.4, 0.5) is 5.69 Å². The summed E-state index contributed by atoms with van der Waals surface area (Å²) in [5.41, 5.74) is 3.11. The number of hydrogen-bond acceptors (Lipinski definition) is 3. The molecule has 0 unspecified atom stereocenters. The van der Waals surface area contributed by atoms with E-state index in [-0.39, 0.29) is 11.8 Å². The van der Waals surface area contributed by atoms with Crippen molar-refractivity contribution in [3.63, 3.8) is 0 Å². The fraction of sp³-hybridized carbons (Fsp3) is 0.600. The zero-order valence-electron chi connectivity index (χ0n) is 16.6. The quantitative estimate of drug-likeness (QED) is 0.746. The van der Waals surface area contributed by atoms with Crippen molar-refractivity contribution in [3.8, 4) is 0 Å². The predicted octanol–water partition coefficient (Wildman–Crippen LogP) is 3.25. The van der Waals surface area contributed by atoms with Gasteiger partial charge in [-0.2, -0.15) is 0 Å². The molecule has 0 aliphatic carbocycles. The van der Waals surface area contributed by atoms with Gasteiger partial charge in [-0.15, -0.1) is 0 Å². The molecule has 0 aliphatic heterocycles. The number of benzene rings is 1. The van der Waals surface area contributed by atoms with Crippen LogP contribution in [-0.4, -0.2) is 55.3 Å². The summed E-state index contributed by atoms with van der Waals surface area (Å²) in [4.78, 5) is 28.0. The van der Waals surface area contributed by atoms with Crippen molar-refractivity contribution >= 4 is 17.5 Å². The second-order valence-corrected chi connectivity index (χ2v) is 7.15. The Morgan fingerprint density at radius 2 is 1.80 bits per heavy atom. The van der Waals surface area contributed by atoms with Gasteiger partial charge in [0.05, 0.1) is 0 Å². The highest BCUT2D eigenvalue weighted by Crippen LogP contribution is 2.27. The minimum atomic E-state index is -0.0462. The number of para-hydroxylation sites is 1. The summed E-state index contributed by atoms with van der Waals surface area (Å²) in [6.45, 7) is 9.87. The van der Waals surface area contributed by atoms with Gasteiger partial charge in [0.1, 0.15) is 0 Å². The highest BCUT2D eigenvalue weighted by atomic mass is 16.2. The van der Waals surface area contributed by atoms with E-state index in [9.17, 15) is 9.59 Å². The van der Waals surface area contributed by atoms with Gasteiger partial charge < -0.3 is 15.1 Å². The van der Waals surface area contributed by atoms with Crippen LogP contribution < -0.4 is 5.32 Å². The lowest BCUT2D eigenvalue weighted by molar-refractivity contribution is -0.129. The first kappa shape index (κ1) is 21.2. The third-order valence-electron chi connectivity index (χ3n) is 4.28. The monoisotopic (exact) mass is 347 g/mol.